The number of rotatable bonds is 4. The summed E-state index contributed by atoms with van der Waals surface area (Å²) < 4.78 is 26.8. The monoisotopic (exact) mass is 327 g/mol. The quantitative estimate of drug-likeness (QED) is 0.935. The number of nitrogens with one attached hydrogen (secondary N) is 1. The van der Waals surface area contributed by atoms with Crippen molar-refractivity contribution < 1.29 is 8.42 Å². The molecule has 0 aliphatic carbocycles. The number of sulfonamides is 1. The predicted octanol–water partition coefficient (Wildman–Crippen LogP) is 2.46. The molecular formula is C12H10ClN3O2S2. The number of nitriles is 1. The van der Waals surface area contributed by atoms with Crippen molar-refractivity contribution in [2.24, 2.45) is 0 Å². The lowest BCUT2D eigenvalue weighted by Gasteiger charge is -2.08. The second-order valence-electron chi connectivity index (χ2n) is 3.94. The van der Waals surface area contributed by atoms with Crippen LogP contribution >= 0.6 is 22.9 Å². The maximum Gasteiger partial charge on any atom is 0.242 e. The highest BCUT2D eigenvalue weighted by Gasteiger charge is 2.18. The van der Waals surface area contributed by atoms with E-state index in [4.69, 9.17) is 16.9 Å². The lowest BCUT2D eigenvalue weighted by atomic mass is 10.2. The van der Waals surface area contributed by atoms with Crippen LogP contribution in [0.4, 0.5) is 0 Å². The molecule has 0 bridgehead atoms. The van der Waals surface area contributed by atoms with E-state index in [0.29, 0.717) is 5.56 Å². The highest BCUT2D eigenvalue weighted by atomic mass is 35.5. The SMILES string of the molecule is Cc1ncsc1CNS(=O)(=O)c1ccc(C#N)cc1Cl. The summed E-state index contributed by atoms with van der Waals surface area (Å²) in [6.07, 6.45) is 0. The van der Waals surface area contributed by atoms with Gasteiger partial charge in [0.2, 0.25) is 10.0 Å². The Morgan fingerprint density at radius 1 is 1.50 bits per heavy atom. The number of aromatic nitrogens is 1. The molecule has 0 amide bonds. The van der Waals surface area contributed by atoms with Crippen molar-refractivity contribution in [3.63, 3.8) is 0 Å². The summed E-state index contributed by atoms with van der Waals surface area (Å²) in [6, 6.07) is 5.97. The topological polar surface area (TPSA) is 82.8 Å². The van der Waals surface area contributed by atoms with Crippen molar-refractivity contribution in [1.82, 2.24) is 9.71 Å². The molecule has 0 spiro atoms. The summed E-state index contributed by atoms with van der Waals surface area (Å²) >= 11 is 7.29. The van der Waals surface area contributed by atoms with Crippen molar-refractivity contribution in [2.75, 3.05) is 0 Å². The van der Waals surface area contributed by atoms with E-state index >= 15 is 0 Å². The minimum absolute atomic E-state index is 0.0255. The fourth-order valence-electron chi connectivity index (χ4n) is 1.52. The van der Waals surface area contributed by atoms with E-state index in [-0.39, 0.29) is 16.5 Å². The van der Waals surface area contributed by atoms with Crippen molar-refractivity contribution in [3.05, 3.63) is 44.9 Å². The van der Waals surface area contributed by atoms with E-state index in [0.717, 1.165) is 10.6 Å². The first-order valence-corrected chi connectivity index (χ1v) is 8.26. The Kier molecular flexibility index (Phi) is 4.40. The van der Waals surface area contributed by atoms with Crippen molar-refractivity contribution in [2.45, 2.75) is 18.4 Å². The Labute approximate surface area is 125 Å². The zero-order chi connectivity index (χ0) is 14.8. The van der Waals surface area contributed by atoms with Gasteiger partial charge >= 0.3 is 0 Å². The number of aryl methyl sites for hydroxylation is 1. The minimum atomic E-state index is -3.72. The third-order valence-electron chi connectivity index (χ3n) is 2.62. The molecular weight excluding hydrogens is 318 g/mol. The summed E-state index contributed by atoms with van der Waals surface area (Å²) in [4.78, 5) is 4.86. The first-order valence-electron chi connectivity index (χ1n) is 5.52. The first-order chi connectivity index (χ1) is 9.44. The van der Waals surface area contributed by atoms with Crippen LogP contribution in [-0.2, 0) is 16.6 Å². The van der Waals surface area contributed by atoms with Crippen LogP contribution in [0.2, 0.25) is 5.02 Å². The second kappa shape index (κ2) is 5.89. The number of thiazole rings is 1. The van der Waals surface area contributed by atoms with Crippen LogP contribution in [-0.4, -0.2) is 13.4 Å². The molecule has 1 aromatic heterocycles. The first kappa shape index (κ1) is 14.9. The number of benzene rings is 1. The molecule has 2 rings (SSSR count). The smallest absolute Gasteiger partial charge is 0.242 e. The Bertz CT molecular complexity index is 778. The molecule has 0 atom stereocenters. The normalized spacial score (nSPS) is 11.2. The maximum absolute atomic E-state index is 12.2. The molecule has 0 saturated carbocycles. The largest absolute Gasteiger partial charge is 0.250 e. The number of halogens is 1. The zero-order valence-corrected chi connectivity index (χ0v) is 12.8. The molecule has 20 heavy (non-hydrogen) atoms. The summed E-state index contributed by atoms with van der Waals surface area (Å²) in [5.41, 5.74) is 2.77. The molecule has 1 aromatic carbocycles. The van der Waals surface area contributed by atoms with Crippen LogP contribution in [0, 0.1) is 18.3 Å². The lowest BCUT2D eigenvalue weighted by Crippen LogP contribution is -2.23. The fraction of sp³-hybridized carbons (Fsp3) is 0.167. The summed E-state index contributed by atoms with van der Waals surface area (Å²) in [7, 11) is -3.72. The fourth-order valence-corrected chi connectivity index (χ4v) is 3.87. The number of nitrogens with zero attached hydrogens (tertiary/aromatic N) is 2. The number of hydrogen-bond donors (Lipinski definition) is 1. The van der Waals surface area contributed by atoms with Gasteiger partial charge in [0.25, 0.3) is 0 Å². The van der Waals surface area contributed by atoms with Crippen molar-refractivity contribution in [3.8, 4) is 6.07 Å². The average molecular weight is 328 g/mol. The predicted molar refractivity (Wildman–Crippen MR) is 77.0 cm³/mol. The van der Waals surface area contributed by atoms with Crippen molar-refractivity contribution in [1.29, 1.82) is 5.26 Å². The Balaban J connectivity index is 2.23. The van der Waals surface area contributed by atoms with Gasteiger partial charge in [-0.1, -0.05) is 11.6 Å². The van der Waals surface area contributed by atoms with E-state index in [1.54, 1.807) is 5.51 Å². The molecule has 0 fully saturated rings. The van der Waals surface area contributed by atoms with Crippen molar-refractivity contribution >= 4 is 33.0 Å². The second-order valence-corrected chi connectivity index (χ2v) is 7.02. The maximum atomic E-state index is 12.2. The molecule has 0 saturated heterocycles. The molecule has 1 heterocycles. The van der Waals surface area contributed by atoms with E-state index in [2.05, 4.69) is 9.71 Å². The molecule has 0 radical (unpaired) electrons. The van der Waals surface area contributed by atoms with Gasteiger partial charge in [0.05, 0.1) is 27.9 Å². The third-order valence-corrected chi connectivity index (χ3v) is 5.44. The number of hydrogen-bond acceptors (Lipinski definition) is 5. The van der Waals surface area contributed by atoms with Gasteiger partial charge in [-0.2, -0.15) is 5.26 Å². The molecule has 5 nitrogen and oxygen atoms in total. The van der Waals surface area contributed by atoms with Crippen LogP contribution in [0.15, 0.2) is 28.6 Å². The molecule has 104 valence electrons. The third kappa shape index (κ3) is 3.16. The van der Waals surface area contributed by atoms with Gasteiger partial charge in [-0.25, -0.2) is 18.1 Å². The Morgan fingerprint density at radius 2 is 2.25 bits per heavy atom. The summed E-state index contributed by atoms with van der Waals surface area (Å²) in [5.74, 6) is 0. The van der Waals surface area contributed by atoms with Gasteiger partial charge < -0.3 is 0 Å². The van der Waals surface area contributed by atoms with E-state index in [1.165, 1.54) is 29.5 Å². The van der Waals surface area contributed by atoms with E-state index < -0.39 is 10.0 Å². The zero-order valence-electron chi connectivity index (χ0n) is 10.4. The standard InChI is InChI=1S/C12H10ClN3O2S2/c1-8-11(19-7-15-8)6-16-20(17,18)12-3-2-9(5-14)4-10(12)13/h2-4,7,16H,6H2,1H3. The molecule has 8 heteroatoms. The van der Waals surface area contributed by atoms with Crippen LogP contribution in [0.1, 0.15) is 16.1 Å². The molecule has 0 aliphatic heterocycles. The molecule has 0 unspecified atom stereocenters. The average Bonchev–Trinajstić information content (AvgIpc) is 2.81. The van der Waals surface area contributed by atoms with Crippen LogP contribution in [0.3, 0.4) is 0 Å². The lowest BCUT2D eigenvalue weighted by molar-refractivity contribution is 0.581. The van der Waals surface area contributed by atoms with Crippen LogP contribution in [0.5, 0.6) is 0 Å². The molecule has 1 N–H and O–H groups in total. The Morgan fingerprint density at radius 3 is 2.80 bits per heavy atom. The van der Waals surface area contributed by atoms with Gasteiger partial charge in [-0.15, -0.1) is 11.3 Å². The van der Waals surface area contributed by atoms with E-state index in [1.807, 2.05) is 13.0 Å². The highest BCUT2D eigenvalue weighted by Crippen LogP contribution is 2.23. The van der Waals surface area contributed by atoms with Crippen LogP contribution < -0.4 is 4.72 Å². The van der Waals surface area contributed by atoms with Gasteiger partial charge in [0, 0.05) is 11.4 Å². The highest BCUT2D eigenvalue weighted by molar-refractivity contribution is 7.89. The minimum Gasteiger partial charge on any atom is -0.250 e. The van der Waals surface area contributed by atoms with E-state index in [9.17, 15) is 8.42 Å². The van der Waals surface area contributed by atoms with Gasteiger partial charge in [0.1, 0.15) is 4.90 Å². The van der Waals surface area contributed by atoms with Gasteiger partial charge in [0.15, 0.2) is 0 Å². The van der Waals surface area contributed by atoms with Gasteiger partial charge in [-0.05, 0) is 25.1 Å². The molecule has 0 aliphatic rings. The Hall–Kier alpha value is -1.46. The summed E-state index contributed by atoms with van der Waals surface area (Å²) in [6.45, 7) is 1.98. The molecule has 2 aromatic rings. The van der Waals surface area contributed by atoms with Gasteiger partial charge in [-0.3, -0.25) is 0 Å². The van der Waals surface area contributed by atoms with Crippen LogP contribution in [0.25, 0.3) is 0 Å². The summed E-state index contributed by atoms with van der Waals surface area (Å²) in [5, 5.41) is 8.76.